The Balaban J connectivity index is 5.47. The molecule has 8 N–H and O–H groups in total. The van der Waals surface area contributed by atoms with Gasteiger partial charge in [0.1, 0.15) is 12.1 Å². The monoisotopic (exact) mass is 474 g/mol. The van der Waals surface area contributed by atoms with Gasteiger partial charge < -0.3 is 37.0 Å². The van der Waals surface area contributed by atoms with Gasteiger partial charge in [0, 0.05) is 6.42 Å². The molecule has 12 nitrogen and oxygen atoms in total. The predicted molar refractivity (Wildman–Crippen MR) is 119 cm³/mol. The summed E-state index contributed by atoms with van der Waals surface area (Å²) in [5, 5.41) is 34.9. The number of amides is 3. The summed E-state index contributed by atoms with van der Waals surface area (Å²) in [7, 11) is 0. The first-order valence-electron chi connectivity index (χ1n) is 10.9. The Hall–Kier alpha value is -2.73. The van der Waals surface area contributed by atoms with Crippen molar-refractivity contribution in [1.82, 2.24) is 16.0 Å². The van der Waals surface area contributed by atoms with Crippen molar-refractivity contribution < 1.29 is 39.3 Å². The molecule has 0 aromatic rings. The van der Waals surface area contributed by atoms with Crippen LogP contribution in [0.2, 0.25) is 0 Å². The highest BCUT2D eigenvalue weighted by Crippen LogP contribution is 2.10. The molecule has 5 atom stereocenters. The minimum absolute atomic E-state index is 0.0136. The Morgan fingerprint density at radius 1 is 0.758 bits per heavy atom. The van der Waals surface area contributed by atoms with E-state index in [1.54, 1.807) is 0 Å². The third kappa shape index (κ3) is 12.2. The topological polar surface area (TPSA) is 208 Å². The molecule has 0 fully saturated rings. The molecule has 0 aromatic carbocycles. The first kappa shape index (κ1) is 30.3. The third-order valence-electron chi connectivity index (χ3n) is 4.73. The average molecular weight is 475 g/mol. The van der Waals surface area contributed by atoms with Crippen LogP contribution < -0.4 is 21.7 Å². The van der Waals surface area contributed by atoms with Crippen LogP contribution in [-0.4, -0.2) is 75.3 Å². The van der Waals surface area contributed by atoms with Crippen molar-refractivity contribution >= 4 is 29.7 Å². The zero-order chi connectivity index (χ0) is 25.9. The summed E-state index contributed by atoms with van der Waals surface area (Å²) < 4.78 is 0. The minimum Gasteiger partial charge on any atom is -0.481 e. The second kappa shape index (κ2) is 14.4. The first-order valence-corrected chi connectivity index (χ1v) is 10.9. The number of carbonyl (C=O) groups excluding carboxylic acids is 3. The quantitative estimate of drug-likeness (QED) is 0.158. The van der Waals surface area contributed by atoms with Gasteiger partial charge in [-0.1, -0.05) is 27.7 Å². The summed E-state index contributed by atoms with van der Waals surface area (Å²) in [4.78, 5) is 60.0. The van der Waals surface area contributed by atoms with Gasteiger partial charge in [0.25, 0.3) is 0 Å². The molecule has 33 heavy (non-hydrogen) atoms. The van der Waals surface area contributed by atoms with Gasteiger partial charge >= 0.3 is 11.9 Å². The van der Waals surface area contributed by atoms with Crippen molar-refractivity contribution in [2.24, 2.45) is 17.6 Å². The Labute approximate surface area is 193 Å². The van der Waals surface area contributed by atoms with E-state index < -0.39 is 59.9 Å². The summed E-state index contributed by atoms with van der Waals surface area (Å²) in [6.07, 6.45) is -1.36. The summed E-state index contributed by atoms with van der Waals surface area (Å²) in [6, 6.07) is -4.82. The summed E-state index contributed by atoms with van der Waals surface area (Å²) in [6.45, 7) is 8.50. The van der Waals surface area contributed by atoms with Crippen LogP contribution in [0.15, 0.2) is 0 Å². The van der Waals surface area contributed by atoms with Crippen LogP contribution >= 0.6 is 0 Å². The van der Waals surface area contributed by atoms with Crippen LogP contribution in [0.25, 0.3) is 0 Å². The molecule has 0 heterocycles. The fourth-order valence-electron chi connectivity index (χ4n) is 3.01. The smallest absolute Gasteiger partial charge is 0.328 e. The first-order chi connectivity index (χ1) is 15.1. The van der Waals surface area contributed by atoms with Crippen LogP contribution in [-0.2, 0) is 24.0 Å². The van der Waals surface area contributed by atoms with E-state index in [4.69, 9.17) is 10.8 Å². The number of carboxylic acids is 2. The molecule has 0 aromatic heterocycles. The molecule has 0 aliphatic carbocycles. The number of aliphatic carboxylic acids is 2. The van der Waals surface area contributed by atoms with Crippen molar-refractivity contribution in [3.8, 4) is 0 Å². The van der Waals surface area contributed by atoms with E-state index in [1.165, 1.54) is 6.92 Å². The number of nitrogens with one attached hydrogen (secondary N) is 3. The number of rotatable bonds is 15. The SMILES string of the molecule is CC(C)C[C@H](NC(=O)[C@H](CC(C)C)NC(=O)[C@@H](N)CCC(=O)O)C(=O)N[C@H](C(=O)O)[C@@H](C)O. The van der Waals surface area contributed by atoms with Crippen molar-refractivity contribution in [1.29, 1.82) is 0 Å². The van der Waals surface area contributed by atoms with E-state index in [1.807, 2.05) is 27.7 Å². The van der Waals surface area contributed by atoms with Gasteiger partial charge in [-0.15, -0.1) is 0 Å². The Bertz CT molecular complexity index is 696. The highest BCUT2D eigenvalue weighted by atomic mass is 16.4. The lowest BCUT2D eigenvalue weighted by Gasteiger charge is -2.27. The molecular weight excluding hydrogens is 436 g/mol. The van der Waals surface area contributed by atoms with Crippen LogP contribution in [0.4, 0.5) is 0 Å². The Morgan fingerprint density at radius 2 is 1.18 bits per heavy atom. The largest absolute Gasteiger partial charge is 0.481 e. The molecule has 190 valence electrons. The molecule has 0 radical (unpaired) electrons. The van der Waals surface area contributed by atoms with Crippen molar-refractivity contribution in [3.05, 3.63) is 0 Å². The van der Waals surface area contributed by atoms with E-state index in [9.17, 15) is 34.2 Å². The molecule has 12 heteroatoms. The number of aliphatic hydroxyl groups excluding tert-OH is 1. The molecule has 0 bridgehead atoms. The lowest BCUT2D eigenvalue weighted by Crippen LogP contribution is -2.58. The maximum Gasteiger partial charge on any atom is 0.328 e. The zero-order valence-corrected chi connectivity index (χ0v) is 19.8. The van der Waals surface area contributed by atoms with E-state index in [0.29, 0.717) is 0 Å². The minimum atomic E-state index is -1.55. The zero-order valence-electron chi connectivity index (χ0n) is 19.8. The second-order valence-corrected chi connectivity index (χ2v) is 8.99. The van der Waals surface area contributed by atoms with Gasteiger partial charge in [0.15, 0.2) is 6.04 Å². The summed E-state index contributed by atoms with van der Waals surface area (Å²) in [5.41, 5.74) is 5.72. The van der Waals surface area contributed by atoms with Crippen molar-refractivity contribution in [3.63, 3.8) is 0 Å². The van der Waals surface area contributed by atoms with Gasteiger partial charge in [-0.2, -0.15) is 0 Å². The Morgan fingerprint density at radius 3 is 1.55 bits per heavy atom. The highest BCUT2D eigenvalue weighted by molar-refractivity contribution is 5.94. The van der Waals surface area contributed by atoms with Gasteiger partial charge in [-0.05, 0) is 38.0 Å². The maximum absolute atomic E-state index is 12.9. The highest BCUT2D eigenvalue weighted by Gasteiger charge is 2.32. The predicted octanol–water partition coefficient (Wildman–Crippen LogP) is -0.809. The van der Waals surface area contributed by atoms with Crippen LogP contribution in [0, 0.1) is 11.8 Å². The number of carbonyl (C=O) groups is 5. The van der Waals surface area contributed by atoms with E-state index >= 15 is 0 Å². The molecule has 3 amide bonds. The molecule has 0 saturated heterocycles. The summed E-state index contributed by atoms with van der Waals surface area (Å²) >= 11 is 0. The molecular formula is C21H38N4O8. The summed E-state index contributed by atoms with van der Waals surface area (Å²) in [5.74, 6) is -4.71. The molecule has 0 unspecified atom stereocenters. The number of aliphatic hydroxyl groups is 1. The van der Waals surface area contributed by atoms with E-state index in [0.717, 1.165) is 0 Å². The lowest BCUT2D eigenvalue weighted by molar-refractivity contribution is -0.145. The number of hydrogen-bond acceptors (Lipinski definition) is 7. The Kier molecular flexibility index (Phi) is 13.2. The molecule has 0 rings (SSSR count). The average Bonchev–Trinajstić information content (AvgIpc) is 2.67. The van der Waals surface area contributed by atoms with Crippen LogP contribution in [0.5, 0.6) is 0 Å². The number of hydrogen-bond donors (Lipinski definition) is 7. The molecule has 0 aliphatic heterocycles. The number of carboxylic acid groups (broad SMARTS) is 2. The van der Waals surface area contributed by atoms with Crippen LogP contribution in [0.1, 0.15) is 60.3 Å². The molecule has 0 aliphatic rings. The van der Waals surface area contributed by atoms with Gasteiger partial charge in [-0.25, -0.2) is 4.79 Å². The molecule has 0 saturated carbocycles. The number of nitrogens with two attached hydrogens (primary N) is 1. The normalized spacial score (nSPS) is 15.8. The maximum atomic E-state index is 12.9. The van der Waals surface area contributed by atoms with E-state index in [2.05, 4.69) is 16.0 Å². The van der Waals surface area contributed by atoms with Gasteiger partial charge in [0.05, 0.1) is 12.1 Å². The fourth-order valence-corrected chi connectivity index (χ4v) is 3.01. The molecule has 0 spiro atoms. The van der Waals surface area contributed by atoms with Crippen molar-refractivity contribution in [2.45, 2.75) is 90.6 Å². The van der Waals surface area contributed by atoms with Crippen molar-refractivity contribution in [2.75, 3.05) is 0 Å². The second-order valence-electron chi connectivity index (χ2n) is 8.99. The fraction of sp³-hybridized carbons (Fsp3) is 0.762. The lowest BCUT2D eigenvalue weighted by atomic mass is 9.99. The standard InChI is InChI=1S/C21H38N4O8/c1-10(2)8-14(23-18(29)13(22)6-7-16(27)28)19(30)24-15(9-11(3)4)20(31)25-17(12(5)26)21(32)33/h10-15,17,26H,6-9,22H2,1-5H3,(H,23,29)(H,24,30)(H,25,31)(H,27,28)(H,32,33)/t12-,13+,14+,15+,17+/m1/s1. The van der Waals surface area contributed by atoms with Crippen LogP contribution in [0.3, 0.4) is 0 Å². The van der Waals surface area contributed by atoms with Gasteiger partial charge in [-0.3, -0.25) is 19.2 Å². The van der Waals surface area contributed by atoms with E-state index in [-0.39, 0.29) is 37.5 Å². The third-order valence-corrected chi connectivity index (χ3v) is 4.73. The van der Waals surface area contributed by atoms with Gasteiger partial charge in [0.2, 0.25) is 17.7 Å².